The van der Waals surface area contributed by atoms with Crippen molar-refractivity contribution in [2.75, 3.05) is 11.9 Å². The maximum Gasteiger partial charge on any atom is 0.219 e. The number of nitrogens with zero attached hydrogens (tertiary/aromatic N) is 2. The van der Waals surface area contributed by atoms with Crippen molar-refractivity contribution < 1.29 is 4.79 Å². The van der Waals surface area contributed by atoms with Crippen molar-refractivity contribution in [3.8, 4) is 0 Å². The van der Waals surface area contributed by atoms with Crippen molar-refractivity contribution in [1.82, 2.24) is 9.78 Å². The molecule has 5 heteroatoms. The second-order valence-electron chi connectivity index (χ2n) is 4.07. The first-order valence-electron chi connectivity index (χ1n) is 5.67. The number of carbonyl (C=O) groups is 1. The smallest absolute Gasteiger partial charge is 0.219 e. The fourth-order valence-electron chi connectivity index (χ4n) is 1.23. The number of primary amides is 1. The van der Waals surface area contributed by atoms with E-state index in [1.807, 2.05) is 12.3 Å². The summed E-state index contributed by atoms with van der Waals surface area (Å²) in [6, 6.07) is 1.91. The summed E-state index contributed by atoms with van der Waals surface area (Å²) in [6.07, 6.45) is 3.32. The number of carbonyl (C=O) groups excluding carboxylic acids is 1. The number of rotatable bonds is 7. The van der Waals surface area contributed by atoms with Gasteiger partial charge in [0.15, 0.2) is 0 Å². The number of anilines is 1. The molecule has 0 aliphatic rings. The van der Waals surface area contributed by atoms with Crippen LogP contribution >= 0.6 is 0 Å². The minimum absolute atomic E-state index is 0.301. The molecule has 0 saturated carbocycles. The topological polar surface area (TPSA) is 72.9 Å². The predicted octanol–water partition coefficient (Wildman–Crippen LogP) is 1.22. The zero-order chi connectivity index (χ0) is 12.0. The number of hydrogen-bond acceptors (Lipinski definition) is 3. The molecule has 0 bridgehead atoms. The SMILES string of the molecule is CCC(C)CNc1ccn(CCC(N)=O)n1. The lowest BCUT2D eigenvalue weighted by atomic mass is 10.1. The molecular weight excluding hydrogens is 204 g/mol. The highest BCUT2D eigenvalue weighted by molar-refractivity contribution is 5.73. The molecule has 90 valence electrons. The van der Waals surface area contributed by atoms with E-state index in [1.165, 1.54) is 0 Å². The van der Waals surface area contributed by atoms with Crippen molar-refractivity contribution >= 4 is 11.7 Å². The van der Waals surface area contributed by atoms with Gasteiger partial charge in [-0.1, -0.05) is 20.3 Å². The number of amides is 1. The summed E-state index contributed by atoms with van der Waals surface area (Å²) in [6.45, 7) is 5.82. The first kappa shape index (κ1) is 12.5. The van der Waals surface area contributed by atoms with Gasteiger partial charge >= 0.3 is 0 Å². The normalized spacial score (nSPS) is 12.4. The van der Waals surface area contributed by atoms with Gasteiger partial charge in [0, 0.05) is 31.8 Å². The molecule has 16 heavy (non-hydrogen) atoms. The lowest BCUT2D eigenvalue weighted by Gasteiger charge is -2.08. The van der Waals surface area contributed by atoms with Crippen molar-refractivity contribution in [3.05, 3.63) is 12.3 Å². The Bertz CT molecular complexity index is 334. The van der Waals surface area contributed by atoms with Crippen molar-refractivity contribution in [1.29, 1.82) is 0 Å². The van der Waals surface area contributed by atoms with Crippen molar-refractivity contribution in [3.63, 3.8) is 0 Å². The largest absolute Gasteiger partial charge is 0.370 e. The Kier molecular flexibility index (Phi) is 4.82. The van der Waals surface area contributed by atoms with Gasteiger partial charge in [-0.05, 0) is 5.92 Å². The van der Waals surface area contributed by atoms with E-state index in [1.54, 1.807) is 4.68 Å². The molecule has 1 unspecified atom stereocenters. The van der Waals surface area contributed by atoms with E-state index in [9.17, 15) is 4.79 Å². The third kappa shape index (κ3) is 4.33. The van der Waals surface area contributed by atoms with Crippen LogP contribution in [0.2, 0.25) is 0 Å². The highest BCUT2D eigenvalue weighted by atomic mass is 16.1. The fraction of sp³-hybridized carbons (Fsp3) is 0.636. The lowest BCUT2D eigenvalue weighted by molar-refractivity contribution is -0.118. The fourth-order valence-corrected chi connectivity index (χ4v) is 1.23. The Balaban J connectivity index is 2.36. The molecule has 1 amide bonds. The quantitative estimate of drug-likeness (QED) is 0.731. The van der Waals surface area contributed by atoms with E-state index in [-0.39, 0.29) is 5.91 Å². The van der Waals surface area contributed by atoms with Gasteiger partial charge in [0.2, 0.25) is 5.91 Å². The second-order valence-corrected chi connectivity index (χ2v) is 4.07. The highest BCUT2D eigenvalue weighted by Gasteiger charge is 2.02. The Hall–Kier alpha value is -1.52. The van der Waals surface area contributed by atoms with Gasteiger partial charge in [0.1, 0.15) is 5.82 Å². The molecule has 1 heterocycles. The van der Waals surface area contributed by atoms with Crippen LogP contribution in [0.4, 0.5) is 5.82 Å². The molecule has 0 aliphatic carbocycles. The zero-order valence-electron chi connectivity index (χ0n) is 9.94. The third-order valence-corrected chi connectivity index (χ3v) is 2.56. The van der Waals surface area contributed by atoms with Crippen LogP contribution in [0, 0.1) is 5.92 Å². The highest BCUT2D eigenvalue weighted by Crippen LogP contribution is 2.06. The van der Waals surface area contributed by atoms with E-state index in [0.29, 0.717) is 18.9 Å². The van der Waals surface area contributed by atoms with Crippen LogP contribution in [0.25, 0.3) is 0 Å². The van der Waals surface area contributed by atoms with Crippen LogP contribution in [0.3, 0.4) is 0 Å². The molecule has 3 N–H and O–H groups in total. The molecule has 0 aromatic carbocycles. The van der Waals surface area contributed by atoms with Crippen LogP contribution in [-0.2, 0) is 11.3 Å². The number of aromatic nitrogens is 2. The van der Waals surface area contributed by atoms with Gasteiger partial charge in [-0.3, -0.25) is 9.48 Å². The molecule has 0 aliphatic heterocycles. The van der Waals surface area contributed by atoms with Gasteiger partial charge in [-0.25, -0.2) is 0 Å². The predicted molar refractivity (Wildman–Crippen MR) is 64.0 cm³/mol. The maximum absolute atomic E-state index is 10.6. The minimum Gasteiger partial charge on any atom is -0.370 e. The summed E-state index contributed by atoms with van der Waals surface area (Å²) in [5.41, 5.74) is 5.07. The average molecular weight is 224 g/mol. The molecule has 0 saturated heterocycles. The molecule has 5 nitrogen and oxygen atoms in total. The maximum atomic E-state index is 10.6. The van der Waals surface area contributed by atoms with Crippen LogP contribution in [0.1, 0.15) is 26.7 Å². The van der Waals surface area contributed by atoms with Crippen molar-refractivity contribution in [2.45, 2.75) is 33.2 Å². The number of nitrogens with two attached hydrogens (primary N) is 1. The van der Waals surface area contributed by atoms with Crippen LogP contribution < -0.4 is 11.1 Å². The summed E-state index contributed by atoms with van der Waals surface area (Å²) in [7, 11) is 0. The van der Waals surface area contributed by atoms with E-state index in [2.05, 4.69) is 24.3 Å². The van der Waals surface area contributed by atoms with Gasteiger partial charge in [-0.15, -0.1) is 0 Å². The molecule has 1 rings (SSSR count). The Morgan fingerprint density at radius 1 is 1.69 bits per heavy atom. The van der Waals surface area contributed by atoms with Crippen LogP contribution in [0.15, 0.2) is 12.3 Å². The van der Waals surface area contributed by atoms with Gasteiger partial charge in [0.05, 0.1) is 0 Å². The molecule has 1 aromatic heterocycles. The first-order valence-corrected chi connectivity index (χ1v) is 5.67. The van der Waals surface area contributed by atoms with E-state index < -0.39 is 0 Å². The summed E-state index contributed by atoms with van der Waals surface area (Å²) in [5.74, 6) is 1.19. The molecule has 0 radical (unpaired) electrons. The molecular formula is C11H20N4O. The van der Waals surface area contributed by atoms with E-state index >= 15 is 0 Å². The van der Waals surface area contributed by atoms with E-state index in [4.69, 9.17) is 5.73 Å². The second kappa shape index (κ2) is 6.15. The van der Waals surface area contributed by atoms with Gasteiger partial charge < -0.3 is 11.1 Å². The monoisotopic (exact) mass is 224 g/mol. The van der Waals surface area contributed by atoms with E-state index in [0.717, 1.165) is 18.8 Å². The number of aryl methyl sites for hydroxylation is 1. The van der Waals surface area contributed by atoms with Crippen LogP contribution in [-0.4, -0.2) is 22.2 Å². The third-order valence-electron chi connectivity index (χ3n) is 2.56. The Morgan fingerprint density at radius 3 is 3.06 bits per heavy atom. The number of hydrogen-bond donors (Lipinski definition) is 2. The average Bonchev–Trinajstić information content (AvgIpc) is 2.71. The standard InChI is InChI=1S/C11H20N4O/c1-3-9(2)8-13-11-5-7-15(14-11)6-4-10(12)16/h5,7,9H,3-4,6,8H2,1-2H3,(H2,12,16)(H,13,14). The lowest BCUT2D eigenvalue weighted by Crippen LogP contribution is -2.14. The Labute approximate surface area is 96.0 Å². The first-order chi connectivity index (χ1) is 7.61. The summed E-state index contributed by atoms with van der Waals surface area (Å²) in [5, 5.41) is 7.54. The van der Waals surface area contributed by atoms with Gasteiger partial charge in [0.25, 0.3) is 0 Å². The number of nitrogens with one attached hydrogen (secondary N) is 1. The minimum atomic E-state index is -0.301. The summed E-state index contributed by atoms with van der Waals surface area (Å²) < 4.78 is 1.73. The molecule has 1 atom stereocenters. The summed E-state index contributed by atoms with van der Waals surface area (Å²) >= 11 is 0. The molecule has 0 fully saturated rings. The zero-order valence-corrected chi connectivity index (χ0v) is 9.94. The van der Waals surface area contributed by atoms with Crippen molar-refractivity contribution in [2.24, 2.45) is 11.7 Å². The molecule has 0 spiro atoms. The summed E-state index contributed by atoms with van der Waals surface area (Å²) in [4.78, 5) is 10.6. The van der Waals surface area contributed by atoms with Gasteiger partial charge in [-0.2, -0.15) is 5.10 Å². The molecule has 1 aromatic rings. The van der Waals surface area contributed by atoms with Crippen LogP contribution in [0.5, 0.6) is 0 Å². The Morgan fingerprint density at radius 2 is 2.44 bits per heavy atom.